The fourth-order valence-electron chi connectivity index (χ4n) is 3.37. The Bertz CT molecular complexity index is 991. The molecule has 1 aliphatic rings. The van der Waals surface area contributed by atoms with Crippen LogP contribution in [0.25, 0.3) is 0 Å². The lowest BCUT2D eigenvalue weighted by Gasteiger charge is -2.36. The second-order valence-electron chi connectivity index (χ2n) is 8.65. The van der Waals surface area contributed by atoms with E-state index in [2.05, 4.69) is 4.98 Å². The van der Waals surface area contributed by atoms with Crippen molar-refractivity contribution in [1.29, 1.82) is 0 Å². The molecule has 0 saturated carbocycles. The highest BCUT2D eigenvalue weighted by molar-refractivity contribution is 6.31. The number of nitrogens with zero attached hydrogens (tertiary/aromatic N) is 2. The highest BCUT2D eigenvalue weighted by Gasteiger charge is 2.31. The molecular formula is C24H29ClN2O6. The molecule has 0 N–H and O–H groups in total. The summed E-state index contributed by atoms with van der Waals surface area (Å²) in [7, 11) is 1.29. The van der Waals surface area contributed by atoms with Crippen LogP contribution in [0.1, 0.15) is 56.1 Å². The highest BCUT2D eigenvalue weighted by atomic mass is 35.5. The number of aromatic nitrogens is 1. The smallest absolute Gasteiger partial charge is 0.413 e. The molecule has 9 heteroatoms. The summed E-state index contributed by atoms with van der Waals surface area (Å²) in [5.41, 5.74) is 0.246. The lowest BCUT2D eigenvalue weighted by molar-refractivity contribution is -0.0342. The van der Waals surface area contributed by atoms with E-state index >= 15 is 0 Å². The fraction of sp³-hybridized carbons (Fsp3) is 0.458. The molecule has 1 fully saturated rings. The Morgan fingerprint density at radius 3 is 2.70 bits per heavy atom. The number of halogens is 1. The first-order valence-corrected chi connectivity index (χ1v) is 11.2. The van der Waals surface area contributed by atoms with Gasteiger partial charge in [-0.1, -0.05) is 11.6 Å². The van der Waals surface area contributed by atoms with Crippen molar-refractivity contribution in [3.63, 3.8) is 0 Å². The molecular weight excluding hydrogens is 448 g/mol. The number of methoxy groups -OCH3 is 1. The monoisotopic (exact) mass is 476 g/mol. The van der Waals surface area contributed by atoms with Crippen molar-refractivity contribution < 1.29 is 28.5 Å². The van der Waals surface area contributed by atoms with E-state index in [9.17, 15) is 9.59 Å². The van der Waals surface area contributed by atoms with Gasteiger partial charge < -0.3 is 18.9 Å². The minimum atomic E-state index is -0.578. The average molecular weight is 477 g/mol. The number of piperidine rings is 1. The van der Waals surface area contributed by atoms with E-state index < -0.39 is 17.8 Å². The SMILES string of the molecule is COC(=O)c1cc(Cl)ccc1OCc1cc(OC2CCCCN2C(=O)OC(C)(C)C)ccn1. The number of pyridine rings is 1. The molecule has 0 radical (unpaired) electrons. The van der Waals surface area contributed by atoms with Gasteiger partial charge in [-0.15, -0.1) is 0 Å². The first-order chi connectivity index (χ1) is 15.7. The maximum Gasteiger partial charge on any atom is 0.413 e. The molecule has 2 heterocycles. The summed E-state index contributed by atoms with van der Waals surface area (Å²) in [6.07, 6.45) is 3.36. The lowest BCUT2D eigenvalue weighted by Crippen LogP contribution is -2.48. The molecule has 1 aliphatic heterocycles. The molecule has 1 amide bonds. The second-order valence-corrected chi connectivity index (χ2v) is 9.08. The van der Waals surface area contributed by atoms with E-state index in [1.54, 1.807) is 35.4 Å². The number of hydrogen-bond donors (Lipinski definition) is 0. The zero-order valence-electron chi connectivity index (χ0n) is 19.3. The maximum absolute atomic E-state index is 12.6. The van der Waals surface area contributed by atoms with Gasteiger partial charge in [0.05, 0.1) is 12.8 Å². The van der Waals surface area contributed by atoms with Crippen LogP contribution in [0.4, 0.5) is 4.79 Å². The third-order valence-electron chi connectivity index (χ3n) is 4.86. The lowest BCUT2D eigenvalue weighted by atomic mass is 10.1. The summed E-state index contributed by atoms with van der Waals surface area (Å²) in [6.45, 7) is 6.20. The molecule has 33 heavy (non-hydrogen) atoms. The zero-order chi connectivity index (χ0) is 24.0. The van der Waals surface area contributed by atoms with Gasteiger partial charge >= 0.3 is 12.1 Å². The number of esters is 1. The largest absolute Gasteiger partial charge is 0.486 e. The molecule has 8 nitrogen and oxygen atoms in total. The Balaban J connectivity index is 1.69. The van der Waals surface area contributed by atoms with Crippen molar-refractivity contribution in [1.82, 2.24) is 9.88 Å². The van der Waals surface area contributed by atoms with Crippen LogP contribution in [0.15, 0.2) is 36.5 Å². The molecule has 1 aromatic heterocycles. The van der Waals surface area contributed by atoms with Crippen LogP contribution in [0, 0.1) is 0 Å². The van der Waals surface area contributed by atoms with Gasteiger partial charge in [-0.3, -0.25) is 9.88 Å². The molecule has 3 rings (SSSR count). The van der Waals surface area contributed by atoms with E-state index in [0.29, 0.717) is 35.2 Å². The average Bonchev–Trinajstić information content (AvgIpc) is 2.77. The molecule has 1 unspecified atom stereocenters. The highest BCUT2D eigenvalue weighted by Crippen LogP contribution is 2.26. The van der Waals surface area contributed by atoms with Crippen molar-refractivity contribution in [2.75, 3.05) is 13.7 Å². The van der Waals surface area contributed by atoms with Gasteiger partial charge in [-0.2, -0.15) is 0 Å². The number of likely N-dealkylation sites (tertiary alicyclic amines) is 1. The first kappa shape index (κ1) is 24.6. The molecule has 178 valence electrons. The number of carbonyl (C=O) groups is 2. The Morgan fingerprint density at radius 2 is 1.97 bits per heavy atom. The van der Waals surface area contributed by atoms with Gasteiger partial charge in [0.1, 0.15) is 29.3 Å². The van der Waals surface area contributed by atoms with E-state index in [4.69, 9.17) is 30.5 Å². The molecule has 0 aliphatic carbocycles. The third kappa shape index (κ3) is 6.99. The normalized spacial score (nSPS) is 16.2. The van der Waals surface area contributed by atoms with E-state index in [1.807, 2.05) is 20.8 Å². The molecule has 1 aromatic carbocycles. The number of amides is 1. The Labute approximate surface area is 198 Å². The Kier molecular flexibility index (Phi) is 8.02. The van der Waals surface area contributed by atoms with Gasteiger partial charge in [0, 0.05) is 30.3 Å². The number of carbonyl (C=O) groups excluding carboxylic acids is 2. The Hall–Kier alpha value is -3.00. The summed E-state index contributed by atoms with van der Waals surface area (Å²) >= 11 is 5.99. The van der Waals surface area contributed by atoms with Crippen molar-refractivity contribution in [2.45, 2.75) is 58.5 Å². The summed E-state index contributed by atoms with van der Waals surface area (Å²) < 4.78 is 22.3. The topological polar surface area (TPSA) is 87.2 Å². The summed E-state index contributed by atoms with van der Waals surface area (Å²) in [5.74, 6) is 0.355. The summed E-state index contributed by atoms with van der Waals surface area (Å²) in [5, 5.41) is 0.401. The quantitative estimate of drug-likeness (QED) is 0.527. The number of ether oxygens (including phenoxy) is 4. The van der Waals surface area contributed by atoms with Crippen LogP contribution in [-0.2, 0) is 16.1 Å². The predicted molar refractivity (Wildman–Crippen MR) is 123 cm³/mol. The minimum absolute atomic E-state index is 0.100. The van der Waals surface area contributed by atoms with Crippen LogP contribution in [0.2, 0.25) is 5.02 Å². The van der Waals surface area contributed by atoms with Gasteiger partial charge in [-0.05, 0) is 57.9 Å². The zero-order valence-corrected chi connectivity index (χ0v) is 20.1. The van der Waals surface area contributed by atoms with Crippen molar-refractivity contribution in [3.8, 4) is 11.5 Å². The maximum atomic E-state index is 12.6. The first-order valence-electron chi connectivity index (χ1n) is 10.8. The predicted octanol–water partition coefficient (Wildman–Crippen LogP) is 5.23. The standard InChI is InChI=1S/C24H29ClN2O6/c1-24(2,3)33-23(29)27-12-6-5-7-21(27)32-18-10-11-26-17(14-18)15-31-20-9-8-16(25)13-19(20)22(28)30-4/h8-11,13-14,21H,5-7,12,15H2,1-4H3. The van der Waals surface area contributed by atoms with Crippen molar-refractivity contribution in [3.05, 3.63) is 52.8 Å². The van der Waals surface area contributed by atoms with Crippen molar-refractivity contribution >= 4 is 23.7 Å². The third-order valence-corrected chi connectivity index (χ3v) is 5.09. The molecule has 1 atom stereocenters. The van der Waals surface area contributed by atoms with Gasteiger partial charge in [-0.25, -0.2) is 9.59 Å². The van der Waals surface area contributed by atoms with E-state index in [1.165, 1.54) is 13.2 Å². The molecule has 2 aromatic rings. The van der Waals surface area contributed by atoms with E-state index in [0.717, 1.165) is 12.8 Å². The van der Waals surface area contributed by atoms with Crippen LogP contribution < -0.4 is 9.47 Å². The van der Waals surface area contributed by atoms with Crippen LogP contribution in [-0.4, -0.2) is 47.4 Å². The second kappa shape index (κ2) is 10.7. The number of rotatable bonds is 6. The Morgan fingerprint density at radius 1 is 1.18 bits per heavy atom. The van der Waals surface area contributed by atoms with Crippen LogP contribution in [0.3, 0.4) is 0 Å². The fourth-order valence-corrected chi connectivity index (χ4v) is 3.54. The summed E-state index contributed by atoms with van der Waals surface area (Å²) in [6, 6.07) is 8.20. The summed E-state index contributed by atoms with van der Waals surface area (Å²) in [4.78, 5) is 30.6. The van der Waals surface area contributed by atoms with E-state index in [-0.39, 0.29) is 18.3 Å². The van der Waals surface area contributed by atoms with Gasteiger partial charge in [0.25, 0.3) is 0 Å². The number of benzene rings is 1. The molecule has 0 bridgehead atoms. The number of hydrogen-bond acceptors (Lipinski definition) is 7. The van der Waals surface area contributed by atoms with Gasteiger partial charge in [0.2, 0.25) is 0 Å². The van der Waals surface area contributed by atoms with Crippen LogP contribution >= 0.6 is 11.6 Å². The van der Waals surface area contributed by atoms with Gasteiger partial charge in [0.15, 0.2) is 6.23 Å². The molecule has 0 spiro atoms. The van der Waals surface area contributed by atoms with Crippen LogP contribution in [0.5, 0.6) is 11.5 Å². The minimum Gasteiger partial charge on any atom is -0.486 e. The van der Waals surface area contributed by atoms with Crippen molar-refractivity contribution in [2.24, 2.45) is 0 Å². The molecule has 1 saturated heterocycles.